The van der Waals surface area contributed by atoms with Crippen LogP contribution in [0.2, 0.25) is 0 Å². The second kappa shape index (κ2) is 11.9. The highest BCUT2D eigenvalue weighted by molar-refractivity contribution is 6.12. The van der Waals surface area contributed by atoms with Crippen molar-refractivity contribution in [2.75, 3.05) is 0 Å². The fourth-order valence-corrected chi connectivity index (χ4v) is 7.06. The molecular formula is C46H28N4O. The van der Waals surface area contributed by atoms with Gasteiger partial charge in [-0.25, -0.2) is 9.97 Å². The molecule has 4 heterocycles. The Morgan fingerprint density at radius 1 is 0.392 bits per heavy atom. The lowest BCUT2D eigenvalue weighted by Gasteiger charge is -2.14. The minimum absolute atomic E-state index is 0.661. The summed E-state index contributed by atoms with van der Waals surface area (Å²) in [6.45, 7) is 0. The minimum atomic E-state index is 0.661. The molecule has 10 aromatic rings. The quantitative estimate of drug-likeness (QED) is 0.185. The third-order valence-corrected chi connectivity index (χ3v) is 9.54. The number of hydrogen-bond donors (Lipinski definition) is 0. The van der Waals surface area contributed by atoms with Crippen LogP contribution in [0.4, 0.5) is 0 Å². The Morgan fingerprint density at radius 2 is 1.02 bits per heavy atom. The minimum Gasteiger partial charge on any atom is -0.456 e. The summed E-state index contributed by atoms with van der Waals surface area (Å²) in [6.07, 6.45) is 3.67. The van der Waals surface area contributed by atoms with Crippen LogP contribution in [0.15, 0.2) is 175 Å². The van der Waals surface area contributed by atoms with Gasteiger partial charge in [0.05, 0.1) is 22.4 Å². The first-order valence-corrected chi connectivity index (χ1v) is 16.9. The van der Waals surface area contributed by atoms with E-state index in [9.17, 15) is 0 Å². The maximum absolute atomic E-state index is 6.28. The summed E-state index contributed by atoms with van der Waals surface area (Å²) in [7, 11) is 0. The van der Waals surface area contributed by atoms with Gasteiger partial charge >= 0.3 is 0 Å². The Balaban J connectivity index is 1.23. The number of benzene rings is 6. The molecule has 51 heavy (non-hydrogen) atoms. The van der Waals surface area contributed by atoms with Gasteiger partial charge in [0.1, 0.15) is 11.2 Å². The highest BCUT2D eigenvalue weighted by Crippen LogP contribution is 2.39. The molecule has 0 atom stereocenters. The molecule has 0 radical (unpaired) electrons. The van der Waals surface area contributed by atoms with Gasteiger partial charge in [0.15, 0.2) is 5.82 Å². The Kier molecular flexibility index (Phi) is 6.74. The monoisotopic (exact) mass is 652 g/mol. The molecule has 0 bridgehead atoms. The topological polar surface area (TPSA) is 64.7 Å². The van der Waals surface area contributed by atoms with Gasteiger partial charge in [-0.2, -0.15) is 0 Å². The largest absolute Gasteiger partial charge is 0.456 e. The third kappa shape index (κ3) is 5.20. The van der Waals surface area contributed by atoms with E-state index in [1.807, 2.05) is 73.1 Å². The molecule has 238 valence electrons. The zero-order valence-corrected chi connectivity index (χ0v) is 27.4. The smallest absolute Gasteiger partial charge is 0.160 e. The van der Waals surface area contributed by atoms with Crippen molar-refractivity contribution in [2.45, 2.75) is 0 Å². The molecule has 0 spiro atoms. The molecule has 0 N–H and O–H groups in total. The lowest BCUT2D eigenvalue weighted by molar-refractivity contribution is 0.669. The van der Waals surface area contributed by atoms with E-state index in [1.165, 1.54) is 0 Å². The predicted molar refractivity (Wildman–Crippen MR) is 207 cm³/mol. The van der Waals surface area contributed by atoms with Gasteiger partial charge in [0.25, 0.3) is 0 Å². The molecule has 0 saturated heterocycles. The zero-order valence-electron chi connectivity index (χ0n) is 27.4. The number of rotatable bonds is 5. The molecule has 4 aromatic heterocycles. The van der Waals surface area contributed by atoms with Crippen molar-refractivity contribution in [1.29, 1.82) is 0 Å². The summed E-state index contributed by atoms with van der Waals surface area (Å²) >= 11 is 0. The Morgan fingerprint density at radius 3 is 1.75 bits per heavy atom. The number of para-hydroxylation sites is 1. The number of fused-ring (bicyclic) bond motifs is 5. The fourth-order valence-electron chi connectivity index (χ4n) is 7.06. The summed E-state index contributed by atoms with van der Waals surface area (Å²) < 4.78 is 6.28. The van der Waals surface area contributed by atoms with Gasteiger partial charge in [0.2, 0.25) is 0 Å². The van der Waals surface area contributed by atoms with Crippen molar-refractivity contribution >= 4 is 43.7 Å². The van der Waals surface area contributed by atoms with Crippen LogP contribution in [-0.2, 0) is 0 Å². The molecule has 10 rings (SSSR count). The first kappa shape index (κ1) is 29.0. The van der Waals surface area contributed by atoms with Crippen LogP contribution in [0.25, 0.3) is 99.9 Å². The van der Waals surface area contributed by atoms with Crippen LogP contribution in [0.3, 0.4) is 0 Å². The molecule has 0 aliphatic rings. The maximum Gasteiger partial charge on any atom is 0.160 e. The third-order valence-electron chi connectivity index (χ3n) is 9.54. The Labute approximate surface area is 293 Å². The van der Waals surface area contributed by atoms with E-state index >= 15 is 0 Å². The van der Waals surface area contributed by atoms with E-state index < -0.39 is 0 Å². The molecule has 0 unspecified atom stereocenters. The molecule has 6 aromatic carbocycles. The highest BCUT2D eigenvalue weighted by Gasteiger charge is 2.18. The number of nitrogens with zero attached hydrogens (tertiary/aromatic N) is 4. The molecule has 0 aliphatic heterocycles. The van der Waals surface area contributed by atoms with E-state index in [-0.39, 0.29) is 0 Å². The molecule has 0 amide bonds. The van der Waals surface area contributed by atoms with Crippen LogP contribution in [-0.4, -0.2) is 19.9 Å². The summed E-state index contributed by atoms with van der Waals surface area (Å²) in [5, 5.41) is 4.29. The number of furan rings is 1. The van der Waals surface area contributed by atoms with E-state index in [2.05, 4.69) is 107 Å². The Hall–Kier alpha value is -6.98. The van der Waals surface area contributed by atoms with Crippen molar-refractivity contribution in [3.63, 3.8) is 0 Å². The van der Waals surface area contributed by atoms with Gasteiger partial charge in [-0.15, -0.1) is 0 Å². The van der Waals surface area contributed by atoms with Crippen LogP contribution in [0, 0.1) is 0 Å². The van der Waals surface area contributed by atoms with Crippen molar-refractivity contribution < 1.29 is 4.42 Å². The average molecular weight is 653 g/mol. The van der Waals surface area contributed by atoms with Gasteiger partial charge in [-0.1, -0.05) is 84.9 Å². The maximum atomic E-state index is 6.28. The molecular weight excluding hydrogens is 625 g/mol. The van der Waals surface area contributed by atoms with Crippen LogP contribution in [0.1, 0.15) is 0 Å². The van der Waals surface area contributed by atoms with Crippen molar-refractivity contribution in [1.82, 2.24) is 19.9 Å². The fraction of sp³-hybridized carbons (Fsp3) is 0. The summed E-state index contributed by atoms with van der Waals surface area (Å²) in [6, 6.07) is 54.4. The lowest BCUT2D eigenvalue weighted by atomic mass is 9.93. The summed E-state index contributed by atoms with van der Waals surface area (Å²) in [4.78, 5) is 19.6. The van der Waals surface area contributed by atoms with Crippen LogP contribution >= 0.6 is 0 Å². The van der Waals surface area contributed by atoms with Crippen molar-refractivity contribution in [2.24, 2.45) is 0 Å². The molecule has 0 aliphatic carbocycles. The Bertz CT molecular complexity index is 2830. The first-order chi connectivity index (χ1) is 25.2. The van der Waals surface area contributed by atoms with Gasteiger partial charge in [-0.05, 0) is 95.1 Å². The lowest BCUT2D eigenvalue weighted by Crippen LogP contribution is -1.97. The van der Waals surface area contributed by atoms with Gasteiger partial charge in [-0.3, -0.25) is 9.97 Å². The van der Waals surface area contributed by atoms with Crippen molar-refractivity contribution in [3.8, 4) is 56.2 Å². The van der Waals surface area contributed by atoms with Crippen LogP contribution < -0.4 is 0 Å². The molecule has 0 saturated carbocycles. The number of hydrogen-bond acceptors (Lipinski definition) is 5. The van der Waals surface area contributed by atoms with E-state index in [1.54, 1.807) is 0 Å². The van der Waals surface area contributed by atoms with E-state index in [0.29, 0.717) is 5.82 Å². The first-order valence-electron chi connectivity index (χ1n) is 16.9. The second-order valence-electron chi connectivity index (χ2n) is 12.7. The van der Waals surface area contributed by atoms with E-state index in [4.69, 9.17) is 14.4 Å². The van der Waals surface area contributed by atoms with Crippen LogP contribution in [0.5, 0.6) is 0 Å². The molecule has 5 heteroatoms. The van der Waals surface area contributed by atoms with Crippen molar-refractivity contribution in [3.05, 3.63) is 170 Å². The summed E-state index contributed by atoms with van der Waals surface area (Å²) in [5.41, 5.74) is 12.6. The van der Waals surface area contributed by atoms with Gasteiger partial charge in [0, 0.05) is 50.6 Å². The molecule has 0 fully saturated rings. The number of pyridine rings is 2. The van der Waals surface area contributed by atoms with Gasteiger partial charge < -0.3 is 4.42 Å². The standard InChI is InChI=1S/C46H28N4O/c1-2-9-29(10-3-1)46-49-41(28-42(50-46)37-14-6-16-44-45(37)38-13-4-5-15-43(38)51-44)36-26-34(30-17-19-39-32(23-30)11-7-21-47-39)25-35(27-36)31-18-20-40-33(24-31)12-8-22-48-40/h1-28H. The highest BCUT2D eigenvalue weighted by atomic mass is 16.3. The average Bonchev–Trinajstić information content (AvgIpc) is 3.59. The molecule has 5 nitrogen and oxygen atoms in total. The predicted octanol–water partition coefficient (Wildman–Crippen LogP) is 11.8. The SMILES string of the molecule is c1ccc(-c2nc(-c3cc(-c4ccc5ncccc5c4)cc(-c4ccc5ncccc5c4)c3)cc(-c3cccc4oc5ccccc5c34)n2)cc1. The van der Waals surface area contributed by atoms with E-state index in [0.717, 1.165) is 94.1 Å². The second-order valence-corrected chi connectivity index (χ2v) is 12.7. The normalized spacial score (nSPS) is 11.5. The zero-order chi connectivity index (χ0) is 33.7. The number of aromatic nitrogens is 4. The summed E-state index contributed by atoms with van der Waals surface area (Å²) in [5.74, 6) is 0.661.